The lowest BCUT2D eigenvalue weighted by molar-refractivity contribution is 0.150. The van der Waals surface area contributed by atoms with Crippen LogP contribution < -0.4 is 10.6 Å². The van der Waals surface area contributed by atoms with Gasteiger partial charge >= 0.3 is 0 Å². The van der Waals surface area contributed by atoms with Gasteiger partial charge in [-0.1, -0.05) is 11.6 Å². The summed E-state index contributed by atoms with van der Waals surface area (Å²) in [7, 11) is 1.86. The lowest BCUT2D eigenvalue weighted by Gasteiger charge is -2.34. The van der Waals surface area contributed by atoms with Gasteiger partial charge in [0.05, 0.1) is 19.8 Å². The molecule has 150 valence electrons. The van der Waals surface area contributed by atoms with Crippen molar-refractivity contribution in [2.45, 2.75) is 38.1 Å². The first kappa shape index (κ1) is 21.9. The van der Waals surface area contributed by atoms with Gasteiger partial charge < -0.3 is 25.0 Å². The van der Waals surface area contributed by atoms with Crippen LogP contribution in [0.2, 0.25) is 0 Å². The summed E-state index contributed by atoms with van der Waals surface area (Å²) in [5, 5.41) is 7.06. The highest BCUT2D eigenvalue weighted by atomic mass is 127. The van der Waals surface area contributed by atoms with Crippen LogP contribution in [0.4, 0.5) is 0 Å². The van der Waals surface area contributed by atoms with E-state index in [2.05, 4.69) is 26.6 Å². The van der Waals surface area contributed by atoms with Crippen molar-refractivity contribution in [3.05, 3.63) is 11.6 Å². The summed E-state index contributed by atoms with van der Waals surface area (Å²) in [6.45, 7) is 8.05. The topological polar surface area (TPSA) is 58.1 Å². The number of piperidine rings is 1. The molecule has 2 saturated heterocycles. The standard InChI is InChI=1S/C19H34N4O2.HI/c1-20-19(21-8-2-16-5-11-24-12-6-16)22-18-3-9-23(10-4-18)14-17-7-13-25-15-17;/h5,17-18H,2-4,6-15H2,1H3,(H2,20,21,22);1H. The first-order valence-corrected chi connectivity index (χ1v) is 9.86. The van der Waals surface area contributed by atoms with Gasteiger partial charge in [0, 0.05) is 45.9 Å². The zero-order valence-electron chi connectivity index (χ0n) is 16.0. The summed E-state index contributed by atoms with van der Waals surface area (Å²) in [5.74, 6) is 1.69. The minimum Gasteiger partial charge on any atom is -0.381 e. The first-order chi connectivity index (χ1) is 12.3. The Morgan fingerprint density at radius 1 is 1.23 bits per heavy atom. The zero-order valence-corrected chi connectivity index (χ0v) is 18.4. The van der Waals surface area contributed by atoms with E-state index in [4.69, 9.17) is 9.47 Å². The van der Waals surface area contributed by atoms with E-state index in [-0.39, 0.29) is 24.0 Å². The number of rotatable bonds is 6. The summed E-state index contributed by atoms with van der Waals surface area (Å²) in [6.07, 6.45) is 7.97. The summed E-state index contributed by atoms with van der Waals surface area (Å²) < 4.78 is 10.8. The van der Waals surface area contributed by atoms with Crippen molar-refractivity contribution in [2.75, 3.05) is 59.7 Å². The molecule has 3 heterocycles. The molecule has 3 aliphatic heterocycles. The minimum atomic E-state index is 0. The van der Waals surface area contributed by atoms with Crippen LogP contribution in [0.1, 0.15) is 32.1 Å². The van der Waals surface area contributed by atoms with Crippen molar-refractivity contribution >= 4 is 29.9 Å². The average Bonchev–Trinajstić information content (AvgIpc) is 3.16. The molecule has 0 aromatic carbocycles. The summed E-state index contributed by atoms with van der Waals surface area (Å²) >= 11 is 0. The highest BCUT2D eigenvalue weighted by Gasteiger charge is 2.24. The van der Waals surface area contributed by atoms with E-state index < -0.39 is 0 Å². The Bertz CT molecular complexity index is 458. The van der Waals surface area contributed by atoms with Crippen LogP contribution in [0, 0.1) is 5.92 Å². The van der Waals surface area contributed by atoms with Crippen molar-refractivity contribution in [1.82, 2.24) is 15.5 Å². The first-order valence-electron chi connectivity index (χ1n) is 9.86. The number of hydrogen-bond donors (Lipinski definition) is 2. The number of ether oxygens (including phenoxy) is 2. The van der Waals surface area contributed by atoms with Crippen LogP contribution >= 0.6 is 24.0 Å². The van der Waals surface area contributed by atoms with Crippen LogP contribution in [0.5, 0.6) is 0 Å². The lowest BCUT2D eigenvalue weighted by atomic mass is 10.0. The molecule has 0 amide bonds. The molecule has 1 atom stereocenters. The Kier molecular flexibility index (Phi) is 10.2. The van der Waals surface area contributed by atoms with E-state index >= 15 is 0 Å². The van der Waals surface area contributed by atoms with Gasteiger partial charge in [0.2, 0.25) is 0 Å². The van der Waals surface area contributed by atoms with Gasteiger partial charge in [-0.05, 0) is 38.0 Å². The van der Waals surface area contributed by atoms with E-state index in [0.29, 0.717) is 6.04 Å². The van der Waals surface area contributed by atoms with Crippen molar-refractivity contribution in [1.29, 1.82) is 0 Å². The van der Waals surface area contributed by atoms with Gasteiger partial charge in [-0.3, -0.25) is 4.99 Å². The van der Waals surface area contributed by atoms with Crippen molar-refractivity contribution < 1.29 is 9.47 Å². The molecule has 26 heavy (non-hydrogen) atoms. The normalized spacial score (nSPS) is 25.5. The third-order valence-corrected chi connectivity index (χ3v) is 5.49. The Morgan fingerprint density at radius 3 is 2.73 bits per heavy atom. The van der Waals surface area contributed by atoms with Crippen LogP contribution in [0.3, 0.4) is 0 Å². The minimum absolute atomic E-state index is 0. The molecule has 0 radical (unpaired) electrons. The molecule has 7 heteroatoms. The molecule has 0 aromatic rings. The molecule has 2 N–H and O–H groups in total. The highest BCUT2D eigenvalue weighted by molar-refractivity contribution is 14.0. The molecule has 6 nitrogen and oxygen atoms in total. The predicted octanol–water partition coefficient (Wildman–Crippen LogP) is 2.01. The Labute approximate surface area is 175 Å². The predicted molar refractivity (Wildman–Crippen MR) is 116 cm³/mol. The third kappa shape index (κ3) is 7.32. The average molecular weight is 478 g/mol. The largest absolute Gasteiger partial charge is 0.381 e. The second kappa shape index (κ2) is 12.2. The molecular weight excluding hydrogens is 443 g/mol. The maximum Gasteiger partial charge on any atom is 0.191 e. The van der Waals surface area contributed by atoms with Gasteiger partial charge in [0.1, 0.15) is 0 Å². The molecule has 0 saturated carbocycles. The second-order valence-electron chi connectivity index (χ2n) is 7.39. The lowest BCUT2D eigenvalue weighted by Crippen LogP contribution is -2.49. The number of nitrogens with zero attached hydrogens (tertiary/aromatic N) is 2. The molecule has 0 bridgehead atoms. The number of halogens is 1. The molecule has 3 rings (SSSR count). The fourth-order valence-corrected chi connectivity index (χ4v) is 3.87. The third-order valence-electron chi connectivity index (χ3n) is 5.49. The quantitative estimate of drug-likeness (QED) is 0.265. The van der Waals surface area contributed by atoms with Crippen LogP contribution in [-0.4, -0.2) is 76.6 Å². The molecule has 0 spiro atoms. The Morgan fingerprint density at radius 2 is 2.08 bits per heavy atom. The zero-order chi connectivity index (χ0) is 17.3. The van der Waals surface area contributed by atoms with E-state index in [9.17, 15) is 0 Å². The molecule has 0 aromatic heterocycles. The summed E-state index contributed by atoms with van der Waals surface area (Å²) in [5.41, 5.74) is 1.50. The van der Waals surface area contributed by atoms with Gasteiger partial charge in [0.15, 0.2) is 5.96 Å². The van der Waals surface area contributed by atoms with E-state index in [1.165, 1.54) is 44.5 Å². The summed E-state index contributed by atoms with van der Waals surface area (Å²) in [4.78, 5) is 6.99. The SMILES string of the molecule is CN=C(NCCC1=CCOCC1)NC1CCN(CC2CCOC2)CC1.I. The van der Waals surface area contributed by atoms with Crippen LogP contribution in [0.15, 0.2) is 16.6 Å². The maximum atomic E-state index is 5.49. The monoisotopic (exact) mass is 478 g/mol. The van der Waals surface area contributed by atoms with E-state index in [1.54, 1.807) is 0 Å². The van der Waals surface area contributed by atoms with Gasteiger partial charge in [0.25, 0.3) is 0 Å². The molecule has 2 fully saturated rings. The Balaban J connectivity index is 0.00000243. The van der Waals surface area contributed by atoms with Crippen molar-refractivity contribution in [3.63, 3.8) is 0 Å². The van der Waals surface area contributed by atoms with Gasteiger partial charge in [-0.2, -0.15) is 0 Å². The summed E-state index contributed by atoms with van der Waals surface area (Å²) in [6, 6.07) is 0.532. The highest BCUT2D eigenvalue weighted by Crippen LogP contribution is 2.17. The van der Waals surface area contributed by atoms with E-state index in [1.807, 2.05) is 7.05 Å². The van der Waals surface area contributed by atoms with Crippen LogP contribution in [-0.2, 0) is 9.47 Å². The second-order valence-corrected chi connectivity index (χ2v) is 7.39. The molecule has 1 unspecified atom stereocenters. The number of nitrogens with one attached hydrogen (secondary N) is 2. The van der Waals surface area contributed by atoms with Gasteiger partial charge in [-0.25, -0.2) is 0 Å². The molecule has 3 aliphatic rings. The fourth-order valence-electron chi connectivity index (χ4n) is 3.87. The van der Waals surface area contributed by atoms with Gasteiger partial charge in [-0.15, -0.1) is 24.0 Å². The number of guanidine groups is 1. The number of likely N-dealkylation sites (tertiary alicyclic amines) is 1. The molecule has 0 aliphatic carbocycles. The van der Waals surface area contributed by atoms with Crippen molar-refractivity contribution in [3.8, 4) is 0 Å². The van der Waals surface area contributed by atoms with Crippen molar-refractivity contribution in [2.24, 2.45) is 10.9 Å². The van der Waals surface area contributed by atoms with E-state index in [0.717, 1.165) is 57.7 Å². The molecular formula is C19H35IN4O2. The number of hydrogen-bond acceptors (Lipinski definition) is 4. The maximum absolute atomic E-state index is 5.49. The Hall–Kier alpha value is -0.380. The smallest absolute Gasteiger partial charge is 0.191 e. The fraction of sp³-hybridized carbons (Fsp3) is 0.842. The van der Waals surface area contributed by atoms with Crippen LogP contribution in [0.25, 0.3) is 0 Å². The number of aliphatic imine (C=N–C) groups is 1.